The fraction of sp³-hybridized carbons (Fsp3) is 0.340. The molecule has 22 heteroatoms. The van der Waals surface area contributed by atoms with Gasteiger partial charge in [0.15, 0.2) is 5.96 Å². The van der Waals surface area contributed by atoms with Crippen LogP contribution in [0.1, 0.15) is 49.1 Å². The molecule has 7 atom stereocenters. The van der Waals surface area contributed by atoms with E-state index in [1.807, 2.05) is 18.2 Å². The Bertz CT molecular complexity index is 2560. The van der Waals surface area contributed by atoms with Crippen molar-refractivity contribution in [2.45, 2.75) is 94.7 Å². The second kappa shape index (κ2) is 25.0. The van der Waals surface area contributed by atoms with Crippen LogP contribution in [0.5, 0.6) is 5.75 Å². The van der Waals surface area contributed by atoms with Crippen LogP contribution in [-0.2, 0) is 59.2 Å². The van der Waals surface area contributed by atoms with Crippen LogP contribution >= 0.6 is 0 Å². The topological polar surface area (TPSA) is 367 Å². The summed E-state index contributed by atoms with van der Waals surface area (Å²) in [5.74, 6) is -6.20. The minimum absolute atomic E-state index is 0.0438. The molecule has 0 aliphatic heterocycles. The summed E-state index contributed by atoms with van der Waals surface area (Å²) in [4.78, 5) is 110. The van der Waals surface area contributed by atoms with E-state index in [-0.39, 0.29) is 56.8 Å². The molecular weight excluding hydrogens is 891 g/mol. The first-order valence-corrected chi connectivity index (χ1v) is 22.2. The number of carbonyl (C=O) groups is 7. The summed E-state index contributed by atoms with van der Waals surface area (Å²) >= 11 is 0. The molecule has 0 fully saturated rings. The van der Waals surface area contributed by atoms with Gasteiger partial charge in [-0.2, -0.15) is 0 Å². The van der Waals surface area contributed by atoms with Gasteiger partial charge in [-0.25, -0.2) is 4.98 Å². The standard InChI is InChI=1S/C47H59N13O9/c1-26(48)40(62)57-37(19-28-9-4-3-5-10-28)43(65)60-39(22-31-24-51-25-54-31)45(67)56-35(13-8-18-52-47(49)50)41(63)59-38(21-30-23-53-34-12-7-6-11-33(30)34)44(66)58-36(42(64)55-27(2)46(68)69)20-29-14-16-32(61)17-15-29/h3-7,9-12,14-17,23-27,35-39,53,61H,8,13,18-22,48H2,1-2H3,(H,51,54)(H,55,64)(H,56,67)(H,57,62)(H,58,66)(H,59,63)(H,60,65)(H,68,69)(H4,49,50,52)/t26-,27-,35-,36-,37-,38-,39-/m0/s1. The number of aliphatic imine (C=N–C) groups is 1. The minimum atomic E-state index is -1.41. The highest BCUT2D eigenvalue weighted by molar-refractivity contribution is 5.97. The number of para-hydroxylation sites is 1. The van der Waals surface area contributed by atoms with Crippen molar-refractivity contribution in [3.8, 4) is 5.75 Å². The summed E-state index contributed by atoms with van der Waals surface area (Å²) in [5.41, 5.74) is 20.0. The number of phenolic OH excluding ortho intramolecular Hbond substituents is 1. The van der Waals surface area contributed by atoms with Gasteiger partial charge in [-0.1, -0.05) is 60.7 Å². The number of nitrogens with zero attached hydrogens (tertiary/aromatic N) is 2. The highest BCUT2D eigenvalue weighted by Crippen LogP contribution is 2.20. The summed E-state index contributed by atoms with van der Waals surface area (Å²) in [5, 5.41) is 36.1. The molecule has 3 aromatic carbocycles. The van der Waals surface area contributed by atoms with E-state index in [4.69, 9.17) is 17.2 Å². The smallest absolute Gasteiger partial charge is 0.325 e. The van der Waals surface area contributed by atoms with Gasteiger partial charge in [0.05, 0.1) is 12.4 Å². The molecule has 16 N–H and O–H groups in total. The first-order valence-electron chi connectivity index (χ1n) is 22.2. The highest BCUT2D eigenvalue weighted by atomic mass is 16.4. The average Bonchev–Trinajstić information content (AvgIpc) is 3.99. The molecule has 6 amide bonds. The number of guanidine groups is 1. The molecule has 0 radical (unpaired) electrons. The van der Waals surface area contributed by atoms with Crippen LogP contribution in [0.15, 0.2) is 103 Å². The van der Waals surface area contributed by atoms with Crippen molar-refractivity contribution in [3.63, 3.8) is 0 Å². The number of aliphatic carboxylic acids is 1. The third kappa shape index (κ3) is 15.9. The van der Waals surface area contributed by atoms with Gasteiger partial charge < -0.3 is 69.3 Å². The molecule has 0 aliphatic rings. The predicted octanol–water partition coefficient (Wildman–Crippen LogP) is -0.719. The van der Waals surface area contributed by atoms with E-state index in [1.165, 1.54) is 50.6 Å². The van der Waals surface area contributed by atoms with E-state index in [0.717, 1.165) is 10.9 Å². The van der Waals surface area contributed by atoms with Gasteiger partial charge in [0.2, 0.25) is 35.4 Å². The SMILES string of the molecule is C[C@H](N)C(=O)N[C@@H](Cc1ccccc1)C(=O)N[C@@H](Cc1cnc[nH]1)C(=O)N[C@@H](CCCN=C(N)N)C(=O)N[C@@H](Cc1c[nH]c2ccccc12)C(=O)N[C@@H](Cc1ccc(O)cc1)C(=O)N[C@@H](C)C(=O)O. The first kappa shape index (κ1) is 51.7. The van der Waals surface area contributed by atoms with Gasteiger partial charge in [0, 0.05) is 61.2 Å². The van der Waals surface area contributed by atoms with Crippen LogP contribution in [-0.4, -0.2) is 121 Å². The lowest BCUT2D eigenvalue weighted by atomic mass is 10.0. The normalized spacial score (nSPS) is 14.1. The Labute approximate surface area is 397 Å². The number of benzene rings is 3. The zero-order valence-electron chi connectivity index (χ0n) is 38.1. The van der Waals surface area contributed by atoms with E-state index in [1.54, 1.807) is 42.6 Å². The van der Waals surface area contributed by atoms with Gasteiger partial charge >= 0.3 is 5.97 Å². The van der Waals surface area contributed by atoms with E-state index in [2.05, 4.69) is 51.8 Å². The van der Waals surface area contributed by atoms with Gasteiger partial charge in [0.1, 0.15) is 42.0 Å². The minimum Gasteiger partial charge on any atom is -0.508 e. The molecule has 69 heavy (non-hydrogen) atoms. The predicted molar refractivity (Wildman–Crippen MR) is 255 cm³/mol. The molecule has 0 aliphatic carbocycles. The summed E-state index contributed by atoms with van der Waals surface area (Å²) in [6.45, 7) is 2.78. The molecule has 2 aromatic heterocycles. The number of aromatic amines is 2. The van der Waals surface area contributed by atoms with Crippen molar-refractivity contribution in [1.29, 1.82) is 0 Å². The number of fused-ring (bicyclic) bond motifs is 1. The lowest BCUT2D eigenvalue weighted by Gasteiger charge is -2.27. The Morgan fingerprint density at radius 2 is 1.16 bits per heavy atom. The number of aromatic nitrogens is 3. The zero-order chi connectivity index (χ0) is 50.0. The lowest BCUT2D eigenvalue weighted by Crippen LogP contribution is -2.60. The Balaban J connectivity index is 1.46. The molecular formula is C47H59N13O9. The molecule has 0 saturated heterocycles. The van der Waals surface area contributed by atoms with Gasteiger partial charge in [0.25, 0.3) is 0 Å². The number of aromatic hydroxyl groups is 1. The van der Waals surface area contributed by atoms with Crippen molar-refractivity contribution in [3.05, 3.63) is 120 Å². The highest BCUT2D eigenvalue weighted by Gasteiger charge is 2.34. The van der Waals surface area contributed by atoms with E-state index < -0.39 is 83.7 Å². The number of imidazole rings is 1. The number of nitrogens with one attached hydrogen (secondary N) is 8. The number of amides is 6. The maximum atomic E-state index is 14.6. The zero-order valence-corrected chi connectivity index (χ0v) is 38.1. The van der Waals surface area contributed by atoms with Crippen molar-refractivity contribution in [2.75, 3.05) is 6.54 Å². The number of carboxylic acids is 1. The lowest BCUT2D eigenvalue weighted by molar-refractivity contribution is -0.141. The fourth-order valence-electron chi connectivity index (χ4n) is 7.23. The Morgan fingerprint density at radius 3 is 1.74 bits per heavy atom. The van der Waals surface area contributed by atoms with E-state index in [9.17, 15) is 43.8 Å². The van der Waals surface area contributed by atoms with E-state index in [0.29, 0.717) is 22.4 Å². The Kier molecular flexibility index (Phi) is 18.8. The monoisotopic (exact) mass is 949 g/mol. The van der Waals surface area contributed by atoms with Crippen LogP contribution in [0.2, 0.25) is 0 Å². The molecule has 366 valence electrons. The Morgan fingerprint density at radius 1 is 0.638 bits per heavy atom. The first-order chi connectivity index (χ1) is 33.0. The number of phenols is 1. The van der Waals surface area contributed by atoms with Crippen LogP contribution in [0.25, 0.3) is 10.9 Å². The fourth-order valence-corrected chi connectivity index (χ4v) is 7.23. The number of carboxylic acid groups (broad SMARTS) is 1. The molecule has 5 rings (SSSR count). The largest absolute Gasteiger partial charge is 0.508 e. The molecule has 0 unspecified atom stereocenters. The van der Waals surface area contributed by atoms with Crippen LogP contribution in [0, 0.1) is 0 Å². The second-order valence-electron chi connectivity index (χ2n) is 16.5. The summed E-state index contributed by atoms with van der Waals surface area (Å²) in [7, 11) is 0. The van der Waals surface area contributed by atoms with Gasteiger partial charge in [-0.15, -0.1) is 0 Å². The maximum absolute atomic E-state index is 14.6. The quantitative estimate of drug-likeness (QED) is 0.0196. The molecule has 0 bridgehead atoms. The third-order valence-corrected chi connectivity index (χ3v) is 11.0. The maximum Gasteiger partial charge on any atom is 0.325 e. The number of H-pyrrole nitrogens is 2. The Hall–Kier alpha value is -8.27. The van der Waals surface area contributed by atoms with Crippen LogP contribution in [0.4, 0.5) is 0 Å². The molecule has 22 nitrogen and oxygen atoms in total. The van der Waals surface area contributed by atoms with Crippen LogP contribution < -0.4 is 49.1 Å². The summed E-state index contributed by atoms with van der Waals surface area (Å²) in [6, 6.07) is 13.0. The summed E-state index contributed by atoms with van der Waals surface area (Å²) < 4.78 is 0. The number of nitrogens with two attached hydrogens (primary N) is 3. The molecule has 0 spiro atoms. The number of hydrogen-bond acceptors (Lipinski definition) is 11. The third-order valence-electron chi connectivity index (χ3n) is 11.0. The number of carbonyl (C=O) groups excluding carboxylic acids is 6. The summed E-state index contributed by atoms with van der Waals surface area (Å²) in [6.07, 6.45) is 4.27. The van der Waals surface area contributed by atoms with Crippen molar-refractivity contribution < 1.29 is 43.8 Å². The van der Waals surface area contributed by atoms with Gasteiger partial charge in [-0.3, -0.25) is 38.6 Å². The van der Waals surface area contributed by atoms with Crippen LogP contribution in [0.3, 0.4) is 0 Å². The van der Waals surface area contributed by atoms with Crippen molar-refractivity contribution in [2.24, 2.45) is 22.2 Å². The molecule has 5 aromatic rings. The number of rotatable bonds is 25. The van der Waals surface area contributed by atoms with Gasteiger partial charge in [-0.05, 0) is 61.6 Å². The molecule has 2 heterocycles. The van der Waals surface area contributed by atoms with Crippen molar-refractivity contribution in [1.82, 2.24) is 46.9 Å². The average molecular weight is 950 g/mol. The van der Waals surface area contributed by atoms with Crippen molar-refractivity contribution >= 4 is 58.3 Å². The number of hydrogen-bond donors (Lipinski definition) is 13. The van der Waals surface area contributed by atoms with E-state index >= 15 is 0 Å². The molecule has 0 saturated carbocycles. The second-order valence-corrected chi connectivity index (χ2v) is 16.5.